The van der Waals surface area contributed by atoms with Gasteiger partial charge in [0.2, 0.25) is 0 Å². The van der Waals surface area contributed by atoms with Gasteiger partial charge in [-0.2, -0.15) is 0 Å². The van der Waals surface area contributed by atoms with Crippen LogP contribution >= 0.6 is 0 Å². The highest BCUT2D eigenvalue weighted by Gasteiger charge is 2.14. The minimum absolute atomic E-state index is 0.243. The van der Waals surface area contributed by atoms with Gasteiger partial charge in [-0.3, -0.25) is 0 Å². The van der Waals surface area contributed by atoms with Crippen LogP contribution in [0.2, 0.25) is 0 Å². The molecule has 0 spiro atoms. The second kappa shape index (κ2) is 9.14. The molecule has 0 aliphatic rings. The van der Waals surface area contributed by atoms with Gasteiger partial charge in [0.05, 0.1) is 5.75 Å². The van der Waals surface area contributed by atoms with Crippen molar-refractivity contribution in [1.29, 1.82) is 0 Å². The Morgan fingerprint density at radius 2 is 1.85 bits per heavy atom. The predicted molar refractivity (Wildman–Crippen MR) is 85.7 cm³/mol. The molecule has 1 aromatic rings. The summed E-state index contributed by atoms with van der Waals surface area (Å²) in [6.45, 7) is 5.74. The highest BCUT2D eigenvalue weighted by atomic mass is 32.2. The summed E-state index contributed by atoms with van der Waals surface area (Å²) in [5, 5.41) is 3.41. The zero-order valence-electron chi connectivity index (χ0n) is 12.6. The molecule has 0 aliphatic carbocycles. The summed E-state index contributed by atoms with van der Waals surface area (Å²) in [5.74, 6) is 0.924. The molecule has 1 aromatic carbocycles. The number of hydrogen-bond donors (Lipinski definition) is 1. The summed E-state index contributed by atoms with van der Waals surface area (Å²) in [6, 6.07) is 10.3. The summed E-state index contributed by atoms with van der Waals surface area (Å²) in [6.07, 6.45) is 2.78. The number of hydrogen-bond acceptors (Lipinski definition) is 3. The van der Waals surface area contributed by atoms with Crippen LogP contribution in [0.3, 0.4) is 0 Å². The van der Waals surface area contributed by atoms with Crippen LogP contribution in [0.15, 0.2) is 30.3 Å². The SMILES string of the molecule is CCCNCC(CCS(=O)(=O)CC)Cc1ccccc1. The Labute approximate surface area is 123 Å². The third-order valence-electron chi connectivity index (χ3n) is 3.50. The van der Waals surface area contributed by atoms with E-state index in [9.17, 15) is 8.42 Å². The standard InChI is InChI=1S/C16H27NO2S/c1-3-11-17-14-16(10-12-20(18,19)4-2)13-15-8-6-5-7-9-15/h5-9,16-17H,3-4,10-14H2,1-2H3. The van der Waals surface area contributed by atoms with Gasteiger partial charge in [-0.25, -0.2) is 8.42 Å². The van der Waals surface area contributed by atoms with E-state index in [0.29, 0.717) is 11.7 Å². The average molecular weight is 297 g/mol. The first kappa shape index (κ1) is 17.2. The van der Waals surface area contributed by atoms with Crippen molar-refractivity contribution in [3.05, 3.63) is 35.9 Å². The first-order valence-electron chi connectivity index (χ1n) is 7.52. The van der Waals surface area contributed by atoms with Crippen molar-refractivity contribution >= 4 is 9.84 Å². The van der Waals surface area contributed by atoms with E-state index in [4.69, 9.17) is 0 Å². The van der Waals surface area contributed by atoms with Gasteiger partial charge < -0.3 is 5.32 Å². The maximum atomic E-state index is 11.7. The monoisotopic (exact) mass is 297 g/mol. The van der Waals surface area contributed by atoms with Crippen LogP contribution in [0.4, 0.5) is 0 Å². The zero-order valence-corrected chi connectivity index (χ0v) is 13.5. The minimum atomic E-state index is -2.87. The fourth-order valence-corrected chi connectivity index (χ4v) is 3.18. The fraction of sp³-hybridized carbons (Fsp3) is 0.625. The molecule has 1 N–H and O–H groups in total. The Balaban J connectivity index is 2.55. The maximum Gasteiger partial charge on any atom is 0.150 e. The van der Waals surface area contributed by atoms with Crippen molar-refractivity contribution in [2.75, 3.05) is 24.6 Å². The molecule has 0 amide bonds. The molecule has 0 aliphatic heterocycles. The maximum absolute atomic E-state index is 11.7. The van der Waals surface area contributed by atoms with Gasteiger partial charge >= 0.3 is 0 Å². The lowest BCUT2D eigenvalue weighted by atomic mass is 9.97. The first-order valence-corrected chi connectivity index (χ1v) is 9.34. The second-order valence-electron chi connectivity index (χ2n) is 5.28. The summed E-state index contributed by atoms with van der Waals surface area (Å²) in [7, 11) is -2.87. The Kier molecular flexibility index (Phi) is 7.85. The Morgan fingerprint density at radius 1 is 1.15 bits per heavy atom. The molecule has 3 nitrogen and oxygen atoms in total. The van der Waals surface area contributed by atoms with Crippen LogP contribution in [-0.2, 0) is 16.3 Å². The van der Waals surface area contributed by atoms with E-state index in [1.165, 1.54) is 5.56 Å². The lowest BCUT2D eigenvalue weighted by Gasteiger charge is -2.17. The van der Waals surface area contributed by atoms with Crippen LogP contribution < -0.4 is 5.32 Å². The van der Waals surface area contributed by atoms with E-state index in [1.54, 1.807) is 6.92 Å². The van der Waals surface area contributed by atoms with Gasteiger partial charge in [-0.05, 0) is 43.8 Å². The van der Waals surface area contributed by atoms with E-state index in [1.807, 2.05) is 18.2 Å². The Morgan fingerprint density at radius 3 is 2.45 bits per heavy atom. The molecule has 0 fully saturated rings. The van der Waals surface area contributed by atoms with Gasteiger partial charge in [0.15, 0.2) is 0 Å². The quantitative estimate of drug-likeness (QED) is 0.675. The molecule has 0 heterocycles. The number of rotatable bonds is 10. The second-order valence-corrected chi connectivity index (χ2v) is 7.76. The van der Waals surface area contributed by atoms with Gasteiger partial charge in [0.25, 0.3) is 0 Å². The van der Waals surface area contributed by atoms with Crippen LogP contribution in [0.25, 0.3) is 0 Å². The highest BCUT2D eigenvalue weighted by molar-refractivity contribution is 7.91. The smallest absolute Gasteiger partial charge is 0.150 e. The zero-order chi connectivity index (χ0) is 14.8. The fourth-order valence-electron chi connectivity index (χ4n) is 2.20. The topological polar surface area (TPSA) is 46.2 Å². The molecule has 4 heteroatoms. The molecule has 114 valence electrons. The van der Waals surface area contributed by atoms with E-state index >= 15 is 0 Å². The van der Waals surface area contributed by atoms with Gasteiger partial charge in [0, 0.05) is 5.75 Å². The van der Waals surface area contributed by atoms with Crippen LogP contribution in [0, 0.1) is 5.92 Å². The van der Waals surface area contributed by atoms with Crippen LogP contribution in [-0.4, -0.2) is 33.0 Å². The normalized spacial score (nSPS) is 13.3. The molecule has 1 rings (SSSR count). The number of nitrogens with one attached hydrogen (secondary N) is 1. The summed E-state index contributed by atoms with van der Waals surface area (Å²) < 4.78 is 23.3. The molecule has 0 saturated carbocycles. The van der Waals surface area contributed by atoms with E-state index in [-0.39, 0.29) is 5.75 Å². The molecule has 0 aromatic heterocycles. The Hall–Kier alpha value is -0.870. The van der Waals surface area contributed by atoms with E-state index in [0.717, 1.165) is 32.4 Å². The number of benzene rings is 1. The third-order valence-corrected chi connectivity index (χ3v) is 5.24. The molecule has 0 saturated heterocycles. The van der Waals surface area contributed by atoms with E-state index < -0.39 is 9.84 Å². The lowest BCUT2D eigenvalue weighted by molar-refractivity contribution is 0.458. The van der Waals surface area contributed by atoms with Crippen LogP contribution in [0.5, 0.6) is 0 Å². The molecular weight excluding hydrogens is 270 g/mol. The molecule has 0 radical (unpaired) electrons. The van der Waals surface area contributed by atoms with E-state index in [2.05, 4.69) is 24.4 Å². The summed E-state index contributed by atoms with van der Waals surface area (Å²) in [5.41, 5.74) is 1.28. The predicted octanol–water partition coefficient (Wildman–Crippen LogP) is 2.67. The van der Waals surface area contributed by atoms with Gasteiger partial charge in [-0.15, -0.1) is 0 Å². The van der Waals surface area contributed by atoms with Crippen LogP contribution in [0.1, 0.15) is 32.3 Å². The molecular formula is C16H27NO2S. The molecule has 1 unspecified atom stereocenters. The average Bonchev–Trinajstić information content (AvgIpc) is 2.46. The van der Waals surface area contributed by atoms with Gasteiger partial charge in [-0.1, -0.05) is 44.2 Å². The summed E-state index contributed by atoms with van der Waals surface area (Å²) >= 11 is 0. The minimum Gasteiger partial charge on any atom is -0.316 e. The molecule has 1 atom stereocenters. The van der Waals surface area contributed by atoms with Crippen molar-refractivity contribution in [2.45, 2.75) is 33.1 Å². The number of sulfone groups is 1. The summed E-state index contributed by atoms with van der Waals surface area (Å²) in [4.78, 5) is 0. The largest absolute Gasteiger partial charge is 0.316 e. The molecule has 0 bridgehead atoms. The third kappa shape index (κ3) is 7.06. The first-order chi connectivity index (χ1) is 9.57. The van der Waals surface area contributed by atoms with Crippen molar-refractivity contribution < 1.29 is 8.42 Å². The molecule has 20 heavy (non-hydrogen) atoms. The van der Waals surface area contributed by atoms with Crippen molar-refractivity contribution in [1.82, 2.24) is 5.32 Å². The van der Waals surface area contributed by atoms with Crippen molar-refractivity contribution in [2.24, 2.45) is 5.92 Å². The Bertz CT molecular complexity index is 457. The lowest BCUT2D eigenvalue weighted by Crippen LogP contribution is -2.27. The van der Waals surface area contributed by atoms with Crippen molar-refractivity contribution in [3.8, 4) is 0 Å². The highest BCUT2D eigenvalue weighted by Crippen LogP contribution is 2.13. The van der Waals surface area contributed by atoms with Gasteiger partial charge in [0.1, 0.15) is 9.84 Å². The van der Waals surface area contributed by atoms with Crippen molar-refractivity contribution in [3.63, 3.8) is 0 Å².